The Hall–Kier alpha value is -0.540. The number of nitrogens with one attached hydrogen (secondary N) is 1. The van der Waals surface area contributed by atoms with Crippen LogP contribution < -0.4 is 5.32 Å². The van der Waals surface area contributed by atoms with E-state index in [1.165, 1.54) is 29.1 Å². The van der Waals surface area contributed by atoms with Crippen molar-refractivity contribution in [1.29, 1.82) is 0 Å². The van der Waals surface area contributed by atoms with Crippen molar-refractivity contribution in [3.8, 4) is 0 Å². The van der Waals surface area contributed by atoms with E-state index < -0.39 is 0 Å². The Morgan fingerprint density at radius 2 is 2.53 bits per heavy atom. The number of thioether (sulfide) groups is 1. The second kappa shape index (κ2) is 5.52. The minimum absolute atomic E-state index is 0.881. The van der Waals surface area contributed by atoms with Gasteiger partial charge in [0, 0.05) is 18.9 Å². The molecule has 2 heterocycles. The lowest BCUT2D eigenvalue weighted by atomic mass is 10.1. The fourth-order valence-electron chi connectivity index (χ4n) is 1.84. The quantitative estimate of drug-likeness (QED) is 0.845. The number of hydrogen-bond donors (Lipinski definition) is 1. The predicted molar refractivity (Wildman–Crippen MR) is 66.1 cm³/mol. The van der Waals surface area contributed by atoms with Crippen molar-refractivity contribution in [3.63, 3.8) is 0 Å². The summed E-state index contributed by atoms with van der Waals surface area (Å²) in [5, 5.41) is 3.53. The molecule has 1 fully saturated rings. The minimum atomic E-state index is 0.881. The summed E-state index contributed by atoms with van der Waals surface area (Å²) in [7, 11) is 0. The second-order valence-corrected chi connectivity index (χ2v) is 5.31. The molecule has 3 heteroatoms. The first-order chi connectivity index (χ1) is 7.36. The van der Waals surface area contributed by atoms with Gasteiger partial charge in [-0.25, -0.2) is 0 Å². The van der Waals surface area contributed by atoms with Gasteiger partial charge >= 0.3 is 0 Å². The third-order valence-corrected chi connectivity index (χ3v) is 4.15. The smallest absolute Gasteiger partial charge is 0.0315 e. The molecule has 0 spiro atoms. The molecule has 1 aromatic rings. The Morgan fingerprint density at radius 3 is 3.27 bits per heavy atom. The van der Waals surface area contributed by atoms with Crippen LogP contribution in [0.4, 0.5) is 0 Å². The lowest BCUT2D eigenvalue weighted by Crippen LogP contribution is -2.22. The number of rotatable bonds is 4. The third-order valence-electron chi connectivity index (χ3n) is 2.92. The molecular weight excluding hydrogens is 204 g/mol. The summed E-state index contributed by atoms with van der Waals surface area (Å²) in [4.78, 5) is 4.15. The molecule has 1 N–H and O–H groups in total. The standard InChI is InChI=1S/C12H18N2S/c1-10-2-4-13-7-12(10)8-14-6-11-3-5-15-9-11/h2,4,7,11,14H,3,5-6,8-9H2,1H3. The fourth-order valence-corrected chi connectivity index (χ4v) is 3.12. The highest BCUT2D eigenvalue weighted by Gasteiger charge is 2.14. The van der Waals surface area contributed by atoms with Gasteiger partial charge in [-0.1, -0.05) is 0 Å². The molecule has 2 rings (SSSR count). The second-order valence-electron chi connectivity index (χ2n) is 4.16. The Morgan fingerprint density at radius 1 is 1.60 bits per heavy atom. The lowest BCUT2D eigenvalue weighted by Gasteiger charge is -2.10. The number of nitrogens with zero attached hydrogens (tertiary/aromatic N) is 1. The summed E-state index contributed by atoms with van der Waals surface area (Å²) in [5.41, 5.74) is 2.65. The highest BCUT2D eigenvalue weighted by molar-refractivity contribution is 7.99. The van der Waals surface area contributed by atoms with Gasteiger partial charge in [0.25, 0.3) is 0 Å². The molecule has 0 saturated carbocycles. The molecule has 1 aliphatic rings. The first kappa shape index (κ1) is 11.0. The molecule has 0 amide bonds. The summed E-state index contributed by atoms with van der Waals surface area (Å²) in [5.74, 6) is 3.56. The van der Waals surface area contributed by atoms with Gasteiger partial charge in [0.1, 0.15) is 0 Å². The van der Waals surface area contributed by atoms with Gasteiger partial charge in [0.05, 0.1) is 0 Å². The monoisotopic (exact) mass is 222 g/mol. The minimum Gasteiger partial charge on any atom is -0.312 e. The average molecular weight is 222 g/mol. The Labute approximate surface area is 95.9 Å². The van der Waals surface area contributed by atoms with Gasteiger partial charge in [-0.05, 0) is 54.5 Å². The van der Waals surface area contributed by atoms with Gasteiger partial charge in [0.15, 0.2) is 0 Å². The van der Waals surface area contributed by atoms with Crippen LogP contribution in [0.3, 0.4) is 0 Å². The van der Waals surface area contributed by atoms with Gasteiger partial charge < -0.3 is 5.32 Å². The summed E-state index contributed by atoms with van der Waals surface area (Å²) >= 11 is 2.08. The van der Waals surface area contributed by atoms with Gasteiger partial charge in [0.2, 0.25) is 0 Å². The summed E-state index contributed by atoms with van der Waals surface area (Å²) in [6.45, 7) is 4.26. The molecule has 82 valence electrons. The average Bonchev–Trinajstić information content (AvgIpc) is 2.74. The van der Waals surface area contributed by atoms with Crippen LogP contribution in [-0.4, -0.2) is 23.0 Å². The Balaban J connectivity index is 1.75. The van der Waals surface area contributed by atoms with E-state index in [0.29, 0.717) is 0 Å². The van der Waals surface area contributed by atoms with Crippen molar-refractivity contribution >= 4 is 11.8 Å². The fraction of sp³-hybridized carbons (Fsp3) is 0.583. The van der Waals surface area contributed by atoms with Crippen molar-refractivity contribution in [3.05, 3.63) is 29.6 Å². The van der Waals surface area contributed by atoms with Crippen LogP contribution in [0.15, 0.2) is 18.5 Å². The first-order valence-electron chi connectivity index (χ1n) is 5.54. The molecule has 0 aromatic carbocycles. The van der Waals surface area contributed by atoms with Crippen molar-refractivity contribution in [1.82, 2.24) is 10.3 Å². The SMILES string of the molecule is Cc1ccncc1CNCC1CCSC1. The van der Waals surface area contributed by atoms with Crippen LogP contribution in [0.5, 0.6) is 0 Å². The van der Waals surface area contributed by atoms with E-state index in [0.717, 1.165) is 19.0 Å². The maximum absolute atomic E-state index is 4.15. The number of pyridine rings is 1. The molecule has 1 atom stereocenters. The Kier molecular flexibility index (Phi) is 4.03. The zero-order chi connectivity index (χ0) is 10.5. The van der Waals surface area contributed by atoms with Crippen LogP contribution in [0.2, 0.25) is 0 Å². The van der Waals surface area contributed by atoms with E-state index >= 15 is 0 Å². The summed E-state index contributed by atoms with van der Waals surface area (Å²) in [6, 6.07) is 2.07. The maximum Gasteiger partial charge on any atom is 0.0315 e. The molecule has 0 radical (unpaired) electrons. The summed E-state index contributed by atoms with van der Waals surface area (Å²) < 4.78 is 0. The molecule has 0 aliphatic carbocycles. The van der Waals surface area contributed by atoms with Crippen molar-refractivity contribution in [2.75, 3.05) is 18.1 Å². The highest BCUT2D eigenvalue weighted by atomic mass is 32.2. The molecule has 1 aliphatic heterocycles. The van der Waals surface area contributed by atoms with Crippen molar-refractivity contribution in [2.24, 2.45) is 5.92 Å². The topological polar surface area (TPSA) is 24.9 Å². The molecule has 1 saturated heterocycles. The Bertz CT molecular complexity index is 308. The first-order valence-corrected chi connectivity index (χ1v) is 6.69. The molecule has 0 bridgehead atoms. The van der Waals surface area contributed by atoms with Gasteiger partial charge in [-0.15, -0.1) is 0 Å². The number of aryl methyl sites for hydroxylation is 1. The van der Waals surface area contributed by atoms with Gasteiger partial charge in [-0.2, -0.15) is 11.8 Å². The lowest BCUT2D eigenvalue weighted by molar-refractivity contribution is 0.522. The molecule has 1 unspecified atom stereocenters. The normalized spacial score (nSPS) is 20.7. The largest absolute Gasteiger partial charge is 0.312 e. The van der Waals surface area contributed by atoms with Crippen LogP contribution in [0.1, 0.15) is 17.5 Å². The van der Waals surface area contributed by atoms with Crippen molar-refractivity contribution in [2.45, 2.75) is 19.9 Å². The van der Waals surface area contributed by atoms with E-state index in [1.54, 1.807) is 0 Å². The van der Waals surface area contributed by atoms with Crippen LogP contribution in [0.25, 0.3) is 0 Å². The van der Waals surface area contributed by atoms with Crippen molar-refractivity contribution < 1.29 is 0 Å². The van der Waals surface area contributed by atoms with E-state index in [1.807, 2.05) is 12.4 Å². The number of hydrogen-bond acceptors (Lipinski definition) is 3. The maximum atomic E-state index is 4.15. The molecule has 2 nitrogen and oxygen atoms in total. The van der Waals surface area contributed by atoms with Crippen LogP contribution in [-0.2, 0) is 6.54 Å². The molecule has 15 heavy (non-hydrogen) atoms. The van der Waals surface area contributed by atoms with Gasteiger partial charge in [-0.3, -0.25) is 4.98 Å². The van der Waals surface area contributed by atoms with E-state index in [2.05, 4.69) is 35.1 Å². The highest BCUT2D eigenvalue weighted by Crippen LogP contribution is 2.22. The number of aromatic nitrogens is 1. The van der Waals surface area contributed by atoms with Crippen LogP contribution in [0, 0.1) is 12.8 Å². The van der Waals surface area contributed by atoms with E-state index in [4.69, 9.17) is 0 Å². The van der Waals surface area contributed by atoms with Crippen LogP contribution >= 0.6 is 11.8 Å². The van der Waals surface area contributed by atoms with E-state index in [-0.39, 0.29) is 0 Å². The molecule has 1 aromatic heterocycles. The van der Waals surface area contributed by atoms with E-state index in [9.17, 15) is 0 Å². The third kappa shape index (κ3) is 3.21. The zero-order valence-electron chi connectivity index (χ0n) is 9.20. The summed E-state index contributed by atoms with van der Waals surface area (Å²) in [6.07, 6.45) is 5.20. The molecular formula is C12H18N2S. The zero-order valence-corrected chi connectivity index (χ0v) is 10.0. The predicted octanol–water partition coefficient (Wildman–Crippen LogP) is 2.23.